The summed E-state index contributed by atoms with van der Waals surface area (Å²) in [6.07, 6.45) is 13.1. The monoisotopic (exact) mass is 271 g/mol. The Morgan fingerprint density at radius 1 is 1.45 bits per heavy atom. The first-order valence-electron chi connectivity index (χ1n) is 7.30. The first-order chi connectivity index (χ1) is 9.74. The van der Waals surface area contributed by atoms with E-state index in [9.17, 15) is 0 Å². The van der Waals surface area contributed by atoms with Crippen molar-refractivity contribution in [3.05, 3.63) is 54.5 Å². The van der Waals surface area contributed by atoms with Gasteiger partial charge in [-0.05, 0) is 38.0 Å². The molecule has 1 N–H and O–H groups in total. The van der Waals surface area contributed by atoms with Gasteiger partial charge in [0.05, 0.1) is 0 Å². The second-order valence-corrected chi connectivity index (χ2v) is 4.77. The maximum atomic E-state index is 4.51. The minimum absolute atomic E-state index is 0.645. The van der Waals surface area contributed by atoms with Crippen molar-refractivity contribution in [1.82, 2.24) is 9.97 Å². The van der Waals surface area contributed by atoms with Crippen LogP contribution in [0.25, 0.3) is 0 Å². The third kappa shape index (κ3) is 5.83. The molecular formula is C17H25N3. The molecule has 0 atom stereocenters. The van der Waals surface area contributed by atoms with Gasteiger partial charge in [0, 0.05) is 23.5 Å². The van der Waals surface area contributed by atoms with Gasteiger partial charge in [-0.2, -0.15) is 0 Å². The second kappa shape index (κ2) is 9.08. The Bertz CT molecular complexity index is 471. The zero-order valence-electron chi connectivity index (χ0n) is 12.8. The normalized spacial score (nSPS) is 14.7. The van der Waals surface area contributed by atoms with E-state index < -0.39 is 0 Å². The summed E-state index contributed by atoms with van der Waals surface area (Å²) in [5, 5.41) is 3.18. The highest BCUT2D eigenvalue weighted by atomic mass is 15.1. The molecule has 0 unspecified atom stereocenters. The van der Waals surface area contributed by atoms with Gasteiger partial charge in [-0.3, -0.25) is 0 Å². The molecule has 3 nitrogen and oxygen atoms in total. The molecule has 1 aliphatic rings. The molecular weight excluding hydrogens is 246 g/mol. The molecule has 1 aliphatic carbocycles. The van der Waals surface area contributed by atoms with Crippen LogP contribution >= 0.6 is 0 Å². The van der Waals surface area contributed by atoms with Gasteiger partial charge in [0.15, 0.2) is 0 Å². The molecule has 0 amide bonds. The second-order valence-electron chi connectivity index (χ2n) is 4.77. The minimum Gasteiger partial charge on any atom is -0.324 e. The highest BCUT2D eigenvalue weighted by Gasteiger charge is 2.25. The molecule has 1 aromatic rings. The van der Waals surface area contributed by atoms with Crippen LogP contribution in [0.4, 0.5) is 5.95 Å². The number of rotatable bonds is 5. The van der Waals surface area contributed by atoms with Crippen LogP contribution in [0.1, 0.15) is 51.6 Å². The Morgan fingerprint density at radius 2 is 2.15 bits per heavy atom. The summed E-state index contributed by atoms with van der Waals surface area (Å²) in [7, 11) is 0. The molecule has 0 radical (unpaired) electrons. The summed E-state index contributed by atoms with van der Waals surface area (Å²) in [6, 6.07) is 2.00. The summed E-state index contributed by atoms with van der Waals surface area (Å²) in [6.45, 7) is 9.91. The van der Waals surface area contributed by atoms with Gasteiger partial charge in [-0.25, -0.2) is 9.97 Å². The van der Waals surface area contributed by atoms with Crippen LogP contribution in [-0.2, 0) is 0 Å². The summed E-state index contributed by atoms with van der Waals surface area (Å²) < 4.78 is 0. The standard InChI is InChI=1S/C14H17N3.C3H8/c1-3-5-12(6-4-2)16-14-15-10-9-13(17-14)11-7-8-11;1-3-2/h3-6,9-11H,1,7-8H2,2H3,(H,15,16,17);3H2,1-2H3/b6-4-,12-5+;. The van der Waals surface area contributed by atoms with E-state index in [0.717, 1.165) is 11.4 Å². The average Bonchev–Trinajstić information content (AvgIpc) is 3.25. The number of anilines is 1. The summed E-state index contributed by atoms with van der Waals surface area (Å²) in [5.74, 6) is 1.30. The lowest BCUT2D eigenvalue weighted by Crippen LogP contribution is -2.02. The molecule has 1 saturated carbocycles. The lowest BCUT2D eigenvalue weighted by atomic mass is 10.3. The molecule has 20 heavy (non-hydrogen) atoms. The zero-order valence-corrected chi connectivity index (χ0v) is 12.8. The molecule has 1 fully saturated rings. The van der Waals surface area contributed by atoms with E-state index in [1.165, 1.54) is 19.3 Å². The van der Waals surface area contributed by atoms with Gasteiger partial charge in [0.25, 0.3) is 0 Å². The Morgan fingerprint density at radius 3 is 2.70 bits per heavy atom. The lowest BCUT2D eigenvalue weighted by molar-refractivity contribution is 0.990. The smallest absolute Gasteiger partial charge is 0.227 e. The van der Waals surface area contributed by atoms with Gasteiger partial charge in [0.2, 0.25) is 5.95 Å². The number of allylic oxidation sites excluding steroid dienone is 4. The van der Waals surface area contributed by atoms with Crippen LogP contribution in [0.2, 0.25) is 0 Å². The van der Waals surface area contributed by atoms with Crippen LogP contribution in [0, 0.1) is 0 Å². The highest BCUT2D eigenvalue weighted by Crippen LogP contribution is 2.38. The molecule has 1 heterocycles. The third-order valence-corrected chi connectivity index (χ3v) is 2.57. The molecule has 0 saturated heterocycles. The SMILES string of the molecule is C=C/C=C(\C=C/C)Nc1nccc(C2CC2)n1.CCC. The van der Waals surface area contributed by atoms with Crippen LogP contribution in [0.5, 0.6) is 0 Å². The van der Waals surface area contributed by atoms with Gasteiger partial charge in [0.1, 0.15) is 0 Å². The van der Waals surface area contributed by atoms with E-state index in [1.54, 1.807) is 6.08 Å². The third-order valence-electron chi connectivity index (χ3n) is 2.57. The van der Waals surface area contributed by atoms with Crippen molar-refractivity contribution < 1.29 is 0 Å². The minimum atomic E-state index is 0.645. The Kier molecular flexibility index (Phi) is 7.33. The summed E-state index contributed by atoms with van der Waals surface area (Å²) in [5.41, 5.74) is 2.08. The van der Waals surface area contributed by atoms with E-state index in [-0.39, 0.29) is 0 Å². The van der Waals surface area contributed by atoms with E-state index in [2.05, 4.69) is 35.7 Å². The van der Waals surface area contributed by atoms with E-state index in [0.29, 0.717) is 11.9 Å². The molecule has 0 spiro atoms. The fourth-order valence-corrected chi connectivity index (χ4v) is 1.61. The van der Waals surface area contributed by atoms with Crippen LogP contribution in [0.3, 0.4) is 0 Å². The highest BCUT2D eigenvalue weighted by molar-refractivity contribution is 5.41. The fraction of sp³-hybridized carbons (Fsp3) is 0.412. The lowest BCUT2D eigenvalue weighted by Gasteiger charge is -2.06. The maximum absolute atomic E-state index is 4.51. The molecule has 108 valence electrons. The predicted octanol–water partition coefficient (Wildman–Crippen LogP) is 4.83. The number of hydrogen-bond acceptors (Lipinski definition) is 3. The van der Waals surface area contributed by atoms with E-state index in [4.69, 9.17) is 0 Å². The van der Waals surface area contributed by atoms with Crippen molar-refractivity contribution in [2.45, 2.75) is 46.0 Å². The van der Waals surface area contributed by atoms with Gasteiger partial charge in [-0.15, -0.1) is 0 Å². The van der Waals surface area contributed by atoms with Crippen LogP contribution in [0.15, 0.2) is 48.8 Å². The van der Waals surface area contributed by atoms with Crippen molar-refractivity contribution in [2.24, 2.45) is 0 Å². The van der Waals surface area contributed by atoms with Crippen molar-refractivity contribution in [3.63, 3.8) is 0 Å². The van der Waals surface area contributed by atoms with E-state index >= 15 is 0 Å². The molecule has 2 rings (SSSR count). The average molecular weight is 271 g/mol. The number of nitrogens with one attached hydrogen (secondary N) is 1. The van der Waals surface area contributed by atoms with Crippen molar-refractivity contribution in [2.75, 3.05) is 5.32 Å². The number of nitrogens with zero attached hydrogens (tertiary/aromatic N) is 2. The van der Waals surface area contributed by atoms with Gasteiger partial charge < -0.3 is 5.32 Å². The Labute approximate surface area is 122 Å². The zero-order chi connectivity index (χ0) is 14.8. The van der Waals surface area contributed by atoms with Gasteiger partial charge >= 0.3 is 0 Å². The number of aromatic nitrogens is 2. The number of hydrogen-bond donors (Lipinski definition) is 1. The quantitative estimate of drug-likeness (QED) is 0.779. The fourth-order valence-electron chi connectivity index (χ4n) is 1.61. The first kappa shape index (κ1) is 16.2. The molecule has 0 aliphatic heterocycles. The van der Waals surface area contributed by atoms with Crippen molar-refractivity contribution in [3.8, 4) is 0 Å². The van der Waals surface area contributed by atoms with Crippen LogP contribution < -0.4 is 5.32 Å². The van der Waals surface area contributed by atoms with Crippen molar-refractivity contribution >= 4 is 5.95 Å². The Hall–Kier alpha value is -1.90. The summed E-state index contributed by atoms with van der Waals surface area (Å²) >= 11 is 0. The first-order valence-corrected chi connectivity index (χ1v) is 7.30. The molecule has 1 aromatic heterocycles. The van der Waals surface area contributed by atoms with Crippen LogP contribution in [-0.4, -0.2) is 9.97 Å². The Balaban J connectivity index is 0.000000612. The van der Waals surface area contributed by atoms with Crippen molar-refractivity contribution in [1.29, 1.82) is 0 Å². The maximum Gasteiger partial charge on any atom is 0.227 e. The summed E-state index contributed by atoms with van der Waals surface area (Å²) in [4.78, 5) is 8.73. The topological polar surface area (TPSA) is 37.8 Å². The predicted molar refractivity (Wildman–Crippen MR) is 86.7 cm³/mol. The molecule has 0 aromatic carbocycles. The molecule has 0 bridgehead atoms. The molecule has 3 heteroatoms. The largest absolute Gasteiger partial charge is 0.324 e. The van der Waals surface area contributed by atoms with E-state index in [1.807, 2.05) is 37.4 Å². The van der Waals surface area contributed by atoms with Gasteiger partial charge in [-0.1, -0.05) is 39.0 Å².